The van der Waals surface area contributed by atoms with Crippen molar-refractivity contribution < 1.29 is 0 Å². The number of halogens is 1. The van der Waals surface area contributed by atoms with Crippen LogP contribution in [0.4, 0.5) is 0 Å². The van der Waals surface area contributed by atoms with Gasteiger partial charge in [-0.1, -0.05) is 6.92 Å². The molecule has 0 saturated carbocycles. The first-order valence-corrected chi connectivity index (χ1v) is 3.59. The van der Waals surface area contributed by atoms with Crippen LogP contribution >= 0.6 is 15.9 Å². The molecule has 0 aliphatic carbocycles. The number of hydrogen-bond donors (Lipinski definition) is 0. The third-order valence-electron chi connectivity index (χ3n) is 0.988. The quantitative estimate of drug-likeness (QED) is 0.626. The highest BCUT2D eigenvalue weighted by Gasteiger charge is 1.90. The van der Waals surface area contributed by atoms with Crippen LogP contribution in [-0.2, 0) is 6.42 Å². The minimum Gasteiger partial charge on any atom is -0.241 e. The molecule has 0 aliphatic heterocycles. The van der Waals surface area contributed by atoms with Gasteiger partial charge in [-0.3, -0.25) is 0 Å². The average Bonchev–Trinajstić information content (AvgIpc) is 1.88. The Hall–Kier alpha value is -0.440. The summed E-state index contributed by atoms with van der Waals surface area (Å²) < 4.78 is 0.856. The molecule has 0 spiro atoms. The van der Waals surface area contributed by atoms with Crippen molar-refractivity contribution >= 4 is 15.9 Å². The van der Waals surface area contributed by atoms with E-state index in [1.807, 2.05) is 13.0 Å². The van der Waals surface area contributed by atoms with Crippen LogP contribution in [0, 0.1) is 0 Å². The number of rotatable bonds is 1. The second kappa shape index (κ2) is 2.92. The van der Waals surface area contributed by atoms with E-state index in [1.54, 1.807) is 6.20 Å². The molecule has 0 saturated heterocycles. The van der Waals surface area contributed by atoms with Gasteiger partial charge in [0.05, 0.1) is 0 Å². The Morgan fingerprint density at radius 2 is 2.44 bits per heavy atom. The lowest BCUT2D eigenvalue weighted by atomic mass is 10.4. The fourth-order valence-corrected chi connectivity index (χ4v) is 0.867. The van der Waals surface area contributed by atoms with E-state index in [-0.39, 0.29) is 0 Å². The number of aryl methyl sites for hydroxylation is 1. The highest BCUT2D eigenvalue weighted by Crippen LogP contribution is 2.03. The maximum atomic E-state index is 4.10. The largest absolute Gasteiger partial charge is 0.241 e. The summed E-state index contributed by atoms with van der Waals surface area (Å²) in [7, 11) is 0. The van der Waals surface area contributed by atoms with Crippen LogP contribution in [0.3, 0.4) is 0 Å². The monoisotopic (exact) mass is 186 g/mol. The van der Waals surface area contributed by atoms with Gasteiger partial charge < -0.3 is 0 Å². The minimum atomic E-state index is 0.856. The first-order chi connectivity index (χ1) is 4.33. The van der Waals surface area contributed by atoms with Gasteiger partial charge >= 0.3 is 0 Å². The molecule has 0 bridgehead atoms. The Balaban J connectivity index is 2.94. The molecule has 0 unspecified atom stereocenters. The van der Waals surface area contributed by atoms with Crippen molar-refractivity contribution in [2.24, 2.45) is 0 Å². The lowest BCUT2D eigenvalue weighted by molar-refractivity contribution is 0.928. The fraction of sp³-hybridized carbons (Fsp3) is 0.333. The first-order valence-electron chi connectivity index (χ1n) is 2.80. The lowest BCUT2D eigenvalue weighted by Gasteiger charge is -1.92. The highest BCUT2D eigenvalue weighted by atomic mass is 79.9. The molecule has 48 valence electrons. The smallest absolute Gasteiger partial charge is 0.129 e. The second-order valence-electron chi connectivity index (χ2n) is 1.65. The standard InChI is InChI=1S/C6H7BrN2/c1-2-6-8-4-3-5(7)9-6/h3-4H,2H2,1H3. The second-order valence-corrected chi connectivity index (χ2v) is 2.46. The van der Waals surface area contributed by atoms with Crippen molar-refractivity contribution in [2.75, 3.05) is 0 Å². The van der Waals surface area contributed by atoms with E-state index >= 15 is 0 Å². The Bertz CT molecular complexity index is 200. The van der Waals surface area contributed by atoms with Crippen LogP contribution in [0.25, 0.3) is 0 Å². The zero-order valence-electron chi connectivity index (χ0n) is 5.13. The summed E-state index contributed by atoms with van der Waals surface area (Å²) in [5.41, 5.74) is 0. The summed E-state index contributed by atoms with van der Waals surface area (Å²) in [6, 6.07) is 1.82. The normalized spacial score (nSPS) is 9.56. The minimum absolute atomic E-state index is 0.856. The maximum absolute atomic E-state index is 4.10. The summed E-state index contributed by atoms with van der Waals surface area (Å²) in [5.74, 6) is 0.879. The van der Waals surface area contributed by atoms with Crippen molar-refractivity contribution in [3.05, 3.63) is 22.7 Å². The summed E-state index contributed by atoms with van der Waals surface area (Å²) in [5, 5.41) is 0. The predicted molar refractivity (Wildman–Crippen MR) is 39.1 cm³/mol. The van der Waals surface area contributed by atoms with Crippen molar-refractivity contribution in [1.82, 2.24) is 9.97 Å². The Morgan fingerprint density at radius 3 is 2.89 bits per heavy atom. The summed E-state index contributed by atoms with van der Waals surface area (Å²) in [4.78, 5) is 8.11. The van der Waals surface area contributed by atoms with Crippen LogP contribution in [-0.4, -0.2) is 9.97 Å². The molecule has 1 aromatic rings. The molecule has 9 heavy (non-hydrogen) atoms. The van der Waals surface area contributed by atoms with Crippen LogP contribution < -0.4 is 0 Å². The van der Waals surface area contributed by atoms with Crippen LogP contribution in [0.15, 0.2) is 16.9 Å². The Morgan fingerprint density at radius 1 is 1.67 bits per heavy atom. The van der Waals surface area contributed by atoms with Crippen LogP contribution in [0.2, 0.25) is 0 Å². The average molecular weight is 187 g/mol. The molecule has 0 amide bonds. The van der Waals surface area contributed by atoms with Gasteiger partial charge in [0, 0.05) is 12.6 Å². The topological polar surface area (TPSA) is 25.8 Å². The van der Waals surface area contributed by atoms with Crippen molar-refractivity contribution in [3.63, 3.8) is 0 Å². The summed E-state index contributed by atoms with van der Waals surface area (Å²) in [6.07, 6.45) is 2.63. The van der Waals surface area contributed by atoms with E-state index in [0.717, 1.165) is 16.8 Å². The van der Waals surface area contributed by atoms with Gasteiger partial charge in [-0.25, -0.2) is 9.97 Å². The van der Waals surface area contributed by atoms with E-state index in [1.165, 1.54) is 0 Å². The molecule has 3 heteroatoms. The van der Waals surface area contributed by atoms with Gasteiger partial charge in [-0.2, -0.15) is 0 Å². The van der Waals surface area contributed by atoms with Gasteiger partial charge in [0.1, 0.15) is 10.4 Å². The highest BCUT2D eigenvalue weighted by molar-refractivity contribution is 9.10. The van der Waals surface area contributed by atoms with Crippen LogP contribution in [0.1, 0.15) is 12.7 Å². The van der Waals surface area contributed by atoms with E-state index < -0.39 is 0 Å². The molecule has 0 atom stereocenters. The van der Waals surface area contributed by atoms with Gasteiger partial charge in [0.25, 0.3) is 0 Å². The van der Waals surface area contributed by atoms with Crippen molar-refractivity contribution in [3.8, 4) is 0 Å². The molecular weight excluding hydrogens is 180 g/mol. The molecule has 1 rings (SSSR count). The third kappa shape index (κ3) is 1.75. The number of nitrogens with zero attached hydrogens (tertiary/aromatic N) is 2. The van der Waals surface area contributed by atoms with Gasteiger partial charge in [-0.15, -0.1) is 0 Å². The predicted octanol–water partition coefficient (Wildman–Crippen LogP) is 1.80. The molecule has 0 radical (unpaired) electrons. The maximum Gasteiger partial charge on any atom is 0.129 e. The molecule has 0 aromatic carbocycles. The van der Waals surface area contributed by atoms with E-state index in [0.29, 0.717) is 0 Å². The van der Waals surface area contributed by atoms with Crippen LogP contribution in [0.5, 0.6) is 0 Å². The van der Waals surface area contributed by atoms with Gasteiger partial charge in [-0.05, 0) is 22.0 Å². The molecule has 1 aromatic heterocycles. The van der Waals surface area contributed by atoms with Crippen molar-refractivity contribution in [2.45, 2.75) is 13.3 Å². The number of aromatic nitrogens is 2. The van der Waals surface area contributed by atoms with Gasteiger partial charge in [0.2, 0.25) is 0 Å². The van der Waals surface area contributed by atoms with E-state index in [9.17, 15) is 0 Å². The van der Waals surface area contributed by atoms with Crippen molar-refractivity contribution in [1.29, 1.82) is 0 Å². The lowest BCUT2D eigenvalue weighted by Crippen LogP contribution is -1.90. The fourth-order valence-electron chi connectivity index (χ4n) is 0.545. The molecule has 0 N–H and O–H groups in total. The third-order valence-corrected chi connectivity index (χ3v) is 1.43. The summed E-state index contributed by atoms with van der Waals surface area (Å²) in [6.45, 7) is 2.03. The Labute approximate surface area is 62.5 Å². The molecule has 2 nitrogen and oxygen atoms in total. The number of hydrogen-bond acceptors (Lipinski definition) is 2. The van der Waals surface area contributed by atoms with Gasteiger partial charge in [0.15, 0.2) is 0 Å². The molecular formula is C6H7BrN2. The first kappa shape index (κ1) is 6.68. The van der Waals surface area contributed by atoms with E-state index in [4.69, 9.17) is 0 Å². The zero-order valence-corrected chi connectivity index (χ0v) is 6.72. The zero-order chi connectivity index (χ0) is 6.69. The molecule has 1 heterocycles. The van der Waals surface area contributed by atoms with E-state index in [2.05, 4.69) is 25.9 Å². The summed E-state index contributed by atoms with van der Waals surface area (Å²) >= 11 is 3.25. The molecule has 0 aliphatic rings. The molecule has 0 fully saturated rings. The SMILES string of the molecule is CCc1nccc(Br)n1. The Kier molecular flexibility index (Phi) is 2.16.